The van der Waals surface area contributed by atoms with Crippen LogP contribution in [0.1, 0.15) is 16.7 Å². The molecule has 0 bridgehead atoms. The summed E-state index contributed by atoms with van der Waals surface area (Å²) in [6, 6.07) is 22.0. The topological polar surface area (TPSA) is 34.1 Å². The van der Waals surface area contributed by atoms with Gasteiger partial charge in [-0.2, -0.15) is 0 Å². The van der Waals surface area contributed by atoms with Gasteiger partial charge in [-0.15, -0.1) is 0 Å². The summed E-state index contributed by atoms with van der Waals surface area (Å²) in [5, 5.41) is 6.95. The summed E-state index contributed by atoms with van der Waals surface area (Å²) in [6.45, 7) is 1.85. The van der Waals surface area contributed by atoms with Crippen LogP contribution in [-0.4, -0.2) is 4.98 Å². The number of nitrogens with zero attached hydrogens (tertiary/aromatic N) is 1. The monoisotopic (exact) mass is 422 g/mol. The molecule has 0 aliphatic rings. The van der Waals surface area contributed by atoms with Crippen LogP contribution in [0.5, 0.6) is 5.75 Å². The Morgan fingerprint density at radius 3 is 2.55 bits per heavy atom. The summed E-state index contributed by atoms with van der Waals surface area (Å²) in [6.07, 6.45) is 3.65. The minimum atomic E-state index is 0.421. The molecule has 4 aromatic rings. The van der Waals surface area contributed by atoms with Gasteiger partial charge in [0.1, 0.15) is 12.4 Å². The lowest BCUT2D eigenvalue weighted by atomic mass is 10.0. The fourth-order valence-corrected chi connectivity index (χ4v) is 3.58. The third kappa shape index (κ3) is 4.88. The van der Waals surface area contributed by atoms with E-state index in [1.807, 2.05) is 36.5 Å². The Bertz CT molecular complexity index is 1120. The van der Waals surface area contributed by atoms with Crippen molar-refractivity contribution in [2.75, 3.05) is 0 Å². The van der Waals surface area contributed by atoms with Crippen LogP contribution >= 0.6 is 23.2 Å². The molecule has 0 unspecified atom stereocenters. The lowest BCUT2D eigenvalue weighted by Gasteiger charge is -2.15. The Labute approximate surface area is 180 Å². The first kappa shape index (κ1) is 19.7. The van der Waals surface area contributed by atoms with Gasteiger partial charge in [0.25, 0.3) is 0 Å². The van der Waals surface area contributed by atoms with Crippen molar-refractivity contribution in [3.05, 3.63) is 106 Å². The van der Waals surface area contributed by atoms with Crippen LogP contribution in [0.3, 0.4) is 0 Å². The molecule has 1 aromatic heterocycles. The number of nitrogens with one attached hydrogen (secondary N) is 1. The van der Waals surface area contributed by atoms with Crippen molar-refractivity contribution in [1.29, 1.82) is 0 Å². The van der Waals surface area contributed by atoms with Crippen molar-refractivity contribution in [2.24, 2.45) is 0 Å². The van der Waals surface area contributed by atoms with E-state index in [2.05, 4.69) is 40.6 Å². The van der Waals surface area contributed by atoms with Crippen LogP contribution in [0.4, 0.5) is 0 Å². The predicted molar refractivity (Wildman–Crippen MR) is 120 cm³/mol. The summed E-state index contributed by atoms with van der Waals surface area (Å²) in [7, 11) is 0. The SMILES string of the molecule is Clc1ccc(COc2ccc3ccccc3c2CNCc2cccnc2)cc1Cl. The van der Waals surface area contributed by atoms with E-state index in [4.69, 9.17) is 27.9 Å². The van der Waals surface area contributed by atoms with E-state index < -0.39 is 0 Å². The van der Waals surface area contributed by atoms with E-state index in [-0.39, 0.29) is 0 Å². The lowest BCUT2D eigenvalue weighted by Crippen LogP contribution is -2.14. The molecule has 0 radical (unpaired) electrons. The van der Waals surface area contributed by atoms with E-state index in [9.17, 15) is 0 Å². The molecule has 0 atom stereocenters. The number of ether oxygens (including phenoxy) is 1. The number of halogens is 2. The Balaban J connectivity index is 1.55. The van der Waals surface area contributed by atoms with Crippen molar-refractivity contribution >= 4 is 34.0 Å². The average molecular weight is 423 g/mol. The lowest BCUT2D eigenvalue weighted by molar-refractivity contribution is 0.302. The molecule has 146 valence electrons. The maximum Gasteiger partial charge on any atom is 0.124 e. The first-order valence-electron chi connectivity index (χ1n) is 9.38. The van der Waals surface area contributed by atoms with E-state index in [0.29, 0.717) is 23.2 Å². The van der Waals surface area contributed by atoms with Gasteiger partial charge in [-0.05, 0) is 46.2 Å². The Hall–Kier alpha value is -2.59. The third-order valence-corrected chi connectivity index (χ3v) is 5.47. The van der Waals surface area contributed by atoms with Crippen LogP contribution in [0.25, 0.3) is 10.8 Å². The number of hydrogen-bond acceptors (Lipinski definition) is 3. The van der Waals surface area contributed by atoms with Gasteiger partial charge in [-0.25, -0.2) is 0 Å². The fraction of sp³-hybridized carbons (Fsp3) is 0.125. The van der Waals surface area contributed by atoms with Gasteiger partial charge in [0.05, 0.1) is 10.0 Å². The van der Waals surface area contributed by atoms with Crippen LogP contribution in [-0.2, 0) is 19.7 Å². The molecule has 0 spiro atoms. The molecular formula is C24H20Cl2N2O. The molecule has 4 rings (SSSR count). The molecule has 0 aliphatic heterocycles. The standard InChI is InChI=1S/C24H20Cl2N2O/c25-22-9-7-17(12-23(22)26)16-29-24-10-8-19-5-1-2-6-20(19)21(24)15-28-14-18-4-3-11-27-13-18/h1-13,28H,14-16H2. The molecule has 1 heterocycles. The first-order valence-corrected chi connectivity index (χ1v) is 10.1. The zero-order valence-electron chi connectivity index (χ0n) is 15.7. The van der Waals surface area contributed by atoms with Crippen molar-refractivity contribution in [1.82, 2.24) is 10.3 Å². The van der Waals surface area contributed by atoms with E-state index >= 15 is 0 Å². The van der Waals surface area contributed by atoms with Crippen molar-refractivity contribution in [3.8, 4) is 5.75 Å². The molecule has 29 heavy (non-hydrogen) atoms. The second-order valence-electron chi connectivity index (χ2n) is 6.77. The molecule has 0 aliphatic carbocycles. The number of aromatic nitrogens is 1. The fourth-order valence-electron chi connectivity index (χ4n) is 3.26. The summed E-state index contributed by atoms with van der Waals surface area (Å²) >= 11 is 12.1. The highest BCUT2D eigenvalue weighted by molar-refractivity contribution is 6.42. The Morgan fingerprint density at radius 2 is 1.72 bits per heavy atom. The van der Waals surface area contributed by atoms with Crippen molar-refractivity contribution in [2.45, 2.75) is 19.7 Å². The highest BCUT2D eigenvalue weighted by atomic mass is 35.5. The second kappa shape index (κ2) is 9.27. The summed E-state index contributed by atoms with van der Waals surface area (Å²) in [5.74, 6) is 0.855. The van der Waals surface area contributed by atoms with Crippen LogP contribution < -0.4 is 10.1 Å². The van der Waals surface area contributed by atoms with Crippen molar-refractivity contribution in [3.63, 3.8) is 0 Å². The molecule has 3 aromatic carbocycles. The summed E-state index contributed by atoms with van der Waals surface area (Å²) in [4.78, 5) is 4.17. The molecule has 0 saturated heterocycles. The molecule has 5 heteroatoms. The number of benzene rings is 3. The van der Waals surface area contributed by atoms with Gasteiger partial charge in [-0.1, -0.05) is 65.7 Å². The third-order valence-electron chi connectivity index (χ3n) is 4.73. The van der Waals surface area contributed by atoms with E-state index in [1.165, 1.54) is 10.8 Å². The minimum absolute atomic E-state index is 0.421. The first-order chi connectivity index (χ1) is 14.2. The molecular weight excluding hydrogens is 403 g/mol. The van der Waals surface area contributed by atoms with Gasteiger partial charge >= 0.3 is 0 Å². The Kier molecular flexibility index (Phi) is 6.30. The van der Waals surface area contributed by atoms with Crippen LogP contribution in [0.2, 0.25) is 10.0 Å². The predicted octanol–water partition coefficient (Wildman–Crippen LogP) is 6.41. The van der Waals surface area contributed by atoms with E-state index in [0.717, 1.165) is 29.0 Å². The zero-order valence-corrected chi connectivity index (χ0v) is 17.3. The molecule has 1 N–H and O–H groups in total. The number of pyridine rings is 1. The zero-order chi connectivity index (χ0) is 20.1. The number of fused-ring (bicyclic) bond motifs is 1. The second-order valence-corrected chi connectivity index (χ2v) is 7.58. The van der Waals surface area contributed by atoms with Gasteiger partial charge in [0.15, 0.2) is 0 Å². The number of hydrogen-bond donors (Lipinski definition) is 1. The van der Waals surface area contributed by atoms with Gasteiger partial charge in [0, 0.05) is 31.0 Å². The van der Waals surface area contributed by atoms with Crippen LogP contribution in [0.15, 0.2) is 79.1 Å². The molecule has 0 fully saturated rings. The van der Waals surface area contributed by atoms with Crippen LogP contribution in [0, 0.1) is 0 Å². The maximum absolute atomic E-state index is 6.17. The molecule has 3 nitrogen and oxygen atoms in total. The quantitative estimate of drug-likeness (QED) is 0.373. The summed E-state index contributed by atoms with van der Waals surface area (Å²) < 4.78 is 6.17. The maximum atomic E-state index is 6.17. The Morgan fingerprint density at radius 1 is 0.828 bits per heavy atom. The molecule has 0 saturated carbocycles. The smallest absolute Gasteiger partial charge is 0.124 e. The van der Waals surface area contributed by atoms with Gasteiger partial charge < -0.3 is 10.1 Å². The van der Waals surface area contributed by atoms with E-state index in [1.54, 1.807) is 12.3 Å². The minimum Gasteiger partial charge on any atom is -0.489 e. The number of rotatable bonds is 7. The normalized spacial score (nSPS) is 11.0. The largest absolute Gasteiger partial charge is 0.489 e. The average Bonchev–Trinajstić information content (AvgIpc) is 2.76. The van der Waals surface area contributed by atoms with Crippen molar-refractivity contribution < 1.29 is 4.74 Å². The van der Waals surface area contributed by atoms with Gasteiger partial charge in [-0.3, -0.25) is 4.98 Å². The summed E-state index contributed by atoms with van der Waals surface area (Å²) in [5.41, 5.74) is 3.25. The highest BCUT2D eigenvalue weighted by Crippen LogP contribution is 2.29. The molecule has 0 amide bonds. The van der Waals surface area contributed by atoms with Gasteiger partial charge in [0.2, 0.25) is 0 Å². The highest BCUT2D eigenvalue weighted by Gasteiger charge is 2.10.